The summed E-state index contributed by atoms with van der Waals surface area (Å²) in [4.78, 5) is 25.9. The number of carbonyl (C=O) groups is 2. The first-order valence-corrected chi connectivity index (χ1v) is 8.12. The Morgan fingerprint density at radius 3 is 2.57 bits per heavy atom. The van der Waals surface area contributed by atoms with Gasteiger partial charge >= 0.3 is 11.8 Å². The maximum atomic E-state index is 11.9. The van der Waals surface area contributed by atoms with Crippen LogP contribution in [0.3, 0.4) is 0 Å². The smallest absolute Gasteiger partial charge is 0.309 e. The Bertz CT molecular complexity index is 523. The molecule has 0 aromatic carbocycles. The molecular weight excluding hydrogens is 296 g/mol. The maximum Gasteiger partial charge on any atom is 0.309 e. The summed E-state index contributed by atoms with van der Waals surface area (Å²) >= 11 is 0. The molecule has 1 unspecified atom stereocenters. The summed E-state index contributed by atoms with van der Waals surface area (Å²) < 4.78 is 7.45. The van der Waals surface area contributed by atoms with E-state index in [1.807, 2.05) is 36.9 Å². The number of hydrogen-bond acceptors (Lipinski definition) is 4. The van der Waals surface area contributed by atoms with Gasteiger partial charge in [0.25, 0.3) is 0 Å². The van der Waals surface area contributed by atoms with Gasteiger partial charge in [-0.25, -0.2) is 0 Å². The number of aryl methyl sites for hydroxylation is 1. The zero-order chi connectivity index (χ0) is 16.7. The number of aromatic nitrogens is 1. The summed E-state index contributed by atoms with van der Waals surface area (Å²) in [6, 6.07) is 4.06. The van der Waals surface area contributed by atoms with Crippen molar-refractivity contribution in [3.05, 3.63) is 24.0 Å². The molecule has 0 aliphatic carbocycles. The van der Waals surface area contributed by atoms with Gasteiger partial charge in [-0.2, -0.15) is 0 Å². The van der Waals surface area contributed by atoms with Crippen molar-refractivity contribution < 1.29 is 14.3 Å². The minimum absolute atomic E-state index is 0.0295. The van der Waals surface area contributed by atoms with Gasteiger partial charge in [0.15, 0.2) is 0 Å². The third-order valence-electron chi connectivity index (χ3n) is 4.01. The first-order chi connectivity index (χ1) is 11.1. The molecule has 1 aliphatic rings. The highest BCUT2D eigenvalue weighted by molar-refractivity contribution is 6.35. The van der Waals surface area contributed by atoms with Crippen LogP contribution in [0.5, 0.6) is 0 Å². The third kappa shape index (κ3) is 4.80. The minimum Gasteiger partial charge on any atom is -0.379 e. The predicted molar refractivity (Wildman–Crippen MR) is 86.9 cm³/mol. The highest BCUT2D eigenvalue weighted by Gasteiger charge is 2.25. The van der Waals surface area contributed by atoms with E-state index in [9.17, 15) is 9.59 Å². The lowest BCUT2D eigenvalue weighted by Crippen LogP contribution is -2.47. The van der Waals surface area contributed by atoms with E-state index in [0.717, 1.165) is 25.2 Å². The van der Waals surface area contributed by atoms with Crippen molar-refractivity contribution in [1.82, 2.24) is 20.1 Å². The Morgan fingerprint density at radius 1 is 1.26 bits per heavy atom. The van der Waals surface area contributed by atoms with Gasteiger partial charge in [-0.15, -0.1) is 0 Å². The van der Waals surface area contributed by atoms with Crippen LogP contribution in [-0.2, 0) is 21.4 Å². The molecular formula is C16H26N4O3. The van der Waals surface area contributed by atoms with Crippen molar-refractivity contribution >= 4 is 11.8 Å². The van der Waals surface area contributed by atoms with E-state index in [2.05, 4.69) is 15.5 Å². The summed E-state index contributed by atoms with van der Waals surface area (Å²) in [6.07, 6.45) is 2.79. The highest BCUT2D eigenvalue weighted by Crippen LogP contribution is 2.21. The molecule has 1 aromatic heterocycles. The van der Waals surface area contributed by atoms with Crippen LogP contribution in [0.1, 0.15) is 25.1 Å². The van der Waals surface area contributed by atoms with Gasteiger partial charge < -0.3 is 19.9 Å². The zero-order valence-corrected chi connectivity index (χ0v) is 13.9. The second kappa shape index (κ2) is 8.69. The highest BCUT2D eigenvalue weighted by atomic mass is 16.5. The summed E-state index contributed by atoms with van der Waals surface area (Å²) in [5, 5.41) is 5.35. The Morgan fingerprint density at radius 2 is 1.96 bits per heavy atom. The molecule has 1 saturated heterocycles. The number of ether oxygens (including phenoxy) is 1. The van der Waals surface area contributed by atoms with E-state index in [1.165, 1.54) is 0 Å². The van der Waals surface area contributed by atoms with Crippen molar-refractivity contribution in [1.29, 1.82) is 0 Å². The van der Waals surface area contributed by atoms with E-state index in [1.54, 1.807) is 0 Å². The first kappa shape index (κ1) is 17.5. The molecule has 0 bridgehead atoms. The number of nitrogens with one attached hydrogen (secondary N) is 2. The van der Waals surface area contributed by atoms with Crippen LogP contribution in [0.25, 0.3) is 0 Å². The Balaban J connectivity index is 1.99. The summed E-state index contributed by atoms with van der Waals surface area (Å²) in [7, 11) is 1.98. The molecule has 2 heterocycles. The number of rotatable bonds is 6. The van der Waals surface area contributed by atoms with Crippen LogP contribution in [-0.4, -0.2) is 60.7 Å². The lowest BCUT2D eigenvalue weighted by molar-refractivity contribution is -0.139. The van der Waals surface area contributed by atoms with Crippen molar-refractivity contribution in [2.24, 2.45) is 7.05 Å². The average molecular weight is 322 g/mol. The minimum atomic E-state index is -0.578. The van der Waals surface area contributed by atoms with Gasteiger partial charge in [0.1, 0.15) is 0 Å². The van der Waals surface area contributed by atoms with Crippen molar-refractivity contribution in [3.63, 3.8) is 0 Å². The van der Waals surface area contributed by atoms with Crippen molar-refractivity contribution in [2.75, 3.05) is 39.4 Å². The van der Waals surface area contributed by atoms with Crippen LogP contribution in [0.2, 0.25) is 0 Å². The lowest BCUT2D eigenvalue weighted by Gasteiger charge is -2.34. The lowest BCUT2D eigenvalue weighted by atomic mass is 10.1. The number of morpholine rings is 1. The van der Waals surface area contributed by atoms with E-state index in [4.69, 9.17) is 4.74 Å². The van der Waals surface area contributed by atoms with Gasteiger partial charge in [0.2, 0.25) is 0 Å². The Hall–Kier alpha value is -1.86. The van der Waals surface area contributed by atoms with Crippen molar-refractivity contribution in [2.45, 2.75) is 19.4 Å². The van der Waals surface area contributed by atoms with E-state index >= 15 is 0 Å². The van der Waals surface area contributed by atoms with Crippen LogP contribution >= 0.6 is 0 Å². The Kier molecular flexibility index (Phi) is 6.61. The van der Waals surface area contributed by atoms with E-state index in [-0.39, 0.29) is 6.04 Å². The molecule has 7 nitrogen and oxygen atoms in total. The quantitative estimate of drug-likeness (QED) is 0.725. The SMILES string of the molecule is CCCNC(=O)C(=O)NCC(c1cccn1C)N1CCOCC1. The topological polar surface area (TPSA) is 75.6 Å². The fourth-order valence-electron chi connectivity index (χ4n) is 2.72. The fraction of sp³-hybridized carbons (Fsp3) is 0.625. The maximum absolute atomic E-state index is 11.9. The van der Waals surface area contributed by atoms with Gasteiger partial charge in [-0.3, -0.25) is 14.5 Å². The molecule has 7 heteroatoms. The third-order valence-corrected chi connectivity index (χ3v) is 4.01. The van der Waals surface area contributed by atoms with Crippen LogP contribution < -0.4 is 10.6 Å². The van der Waals surface area contributed by atoms with Crippen LogP contribution in [0.4, 0.5) is 0 Å². The number of hydrogen-bond donors (Lipinski definition) is 2. The normalized spacial score (nSPS) is 16.8. The summed E-state index contributed by atoms with van der Waals surface area (Å²) in [5.74, 6) is -1.15. The predicted octanol–water partition coefficient (Wildman–Crippen LogP) is 0.0408. The van der Waals surface area contributed by atoms with E-state index < -0.39 is 11.8 Å². The molecule has 1 atom stereocenters. The van der Waals surface area contributed by atoms with Gasteiger partial charge in [-0.05, 0) is 18.6 Å². The van der Waals surface area contributed by atoms with Gasteiger partial charge in [-0.1, -0.05) is 6.92 Å². The molecule has 0 radical (unpaired) electrons. The number of carbonyl (C=O) groups excluding carboxylic acids is 2. The van der Waals surface area contributed by atoms with Crippen LogP contribution in [0.15, 0.2) is 18.3 Å². The number of nitrogens with zero attached hydrogens (tertiary/aromatic N) is 2. The second-order valence-corrected chi connectivity index (χ2v) is 5.67. The molecule has 1 aromatic rings. The molecule has 1 aliphatic heterocycles. The molecule has 128 valence electrons. The second-order valence-electron chi connectivity index (χ2n) is 5.67. The fourth-order valence-corrected chi connectivity index (χ4v) is 2.72. The monoisotopic (exact) mass is 322 g/mol. The molecule has 2 rings (SSSR count). The first-order valence-electron chi connectivity index (χ1n) is 8.12. The molecule has 2 amide bonds. The summed E-state index contributed by atoms with van der Waals surface area (Å²) in [6.45, 7) is 5.86. The molecule has 0 saturated carbocycles. The Labute approximate surface area is 137 Å². The van der Waals surface area contributed by atoms with Crippen LogP contribution in [0, 0.1) is 0 Å². The zero-order valence-electron chi connectivity index (χ0n) is 13.9. The molecule has 2 N–H and O–H groups in total. The largest absolute Gasteiger partial charge is 0.379 e. The molecule has 0 spiro atoms. The van der Waals surface area contributed by atoms with Gasteiger partial charge in [0.05, 0.1) is 19.3 Å². The van der Waals surface area contributed by atoms with Crippen molar-refractivity contribution in [3.8, 4) is 0 Å². The average Bonchev–Trinajstić information content (AvgIpc) is 2.99. The standard InChI is InChI=1S/C16H26N4O3/c1-3-6-17-15(21)16(22)18-12-14(13-5-4-7-19(13)2)20-8-10-23-11-9-20/h4-5,7,14H,3,6,8-12H2,1-2H3,(H,17,21)(H,18,22). The van der Waals surface area contributed by atoms with E-state index in [0.29, 0.717) is 26.3 Å². The molecule has 23 heavy (non-hydrogen) atoms. The summed E-state index contributed by atoms with van der Waals surface area (Å²) in [5.41, 5.74) is 1.11. The number of amides is 2. The van der Waals surface area contributed by atoms with Gasteiger partial charge in [0, 0.05) is 45.1 Å². The molecule has 1 fully saturated rings.